The van der Waals surface area contributed by atoms with Crippen molar-refractivity contribution in [3.05, 3.63) is 0 Å². The van der Waals surface area contributed by atoms with Crippen LogP contribution in [0.3, 0.4) is 0 Å². The van der Waals surface area contributed by atoms with Gasteiger partial charge in [-0.05, 0) is 52.5 Å². The fraction of sp³-hybridized carbons (Fsp3) is 0.944. The molecule has 0 unspecified atom stereocenters. The molecule has 0 bridgehead atoms. The van der Waals surface area contributed by atoms with Crippen LogP contribution in [-0.2, 0) is 0 Å². The van der Waals surface area contributed by atoms with Gasteiger partial charge in [-0.1, -0.05) is 0 Å². The van der Waals surface area contributed by atoms with Gasteiger partial charge in [0.05, 0.1) is 0 Å². The number of piperazine rings is 1. The summed E-state index contributed by atoms with van der Waals surface area (Å²) in [4.78, 5) is 21.3. The van der Waals surface area contributed by atoms with Crippen LogP contribution in [0.5, 0.6) is 0 Å². The van der Waals surface area contributed by atoms with Crippen molar-refractivity contribution < 1.29 is 4.79 Å². The Hall–Kier alpha value is -0.810. The van der Waals surface area contributed by atoms with Crippen molar-refractivity contribution in [1.82, 2.24) is 19.6 Å². The van der Waals surface area contributed by atoms with Gasteiger partial charge in [0.25, 0.3) is 0 Å². The number of likely N-dealkylation sites (N-methyl/N-ethyl adjacent to an activating group) is 1. The van der Waals surface area contributed by atoms with E-state index in [0.29, 0.717) is 0 Å². The van der Waals surface area contributed by atoms with E-state index in [-0.39, 0.29) is 17.1 Å². The molecule has 0 N–H and O–H groups in total. The molecule has 5 heteroatoms. The van der Waals surface area contributed by atoms with Gasteiger partial charge in [-0.25, -0.2) is 4.79 Å². The summed E-state index contributed by atoms with van der Waals surface area (Å²) in [6.45, 7) is 10.1. The van der Waals surface area contributed by atoms with Gasteiger partial charge < -0.3 is 9.80 Å². The van der Waals surface area contributed by atoms with Crippen LogP contribution in [0.1, 0.15) is 39.5 Å². The van der Waals surface area contributed by atoms with Crippen LogP contribution in [0.2, 0.25) is 0 Å². The molecule has 2 amide bonds. The molecule has 1 aliphatic carbocycles. The van der Waals surface area contributed by atoms with E-state index in [1.807, 2.05) is 19.0 Å². The first-order valence-electron chi connectivity index (χ1n) is 9.16. The quantitative estimate of drug-likeness (QED) is 0.778. The lowest BCUT2D eigenvalue weighted by Crippen LogP contribution is -2.71. The molecule has 3 fully saturated rings. The summed E-state index contributed by atoms with van der Waals surface area (Å²) in [7, 11) is 5.97. The fourth-order valence-corrected chi connectivity index (χ4v) is 4.25. The Bertz CT molecular complexity index is 450. The summed E-state index contributed by atoms with van der Waals surface area (Å²) in [5.74, 6) is 0.924. The minimum atomic E-state index is 0.165. The summed E-state index contributed by atoms with van der Waals surface area (Å²) in [5, 5.41) is 0. The third-order valence-corrected chi connectivity index (χ3v) is 6.34. The summed E-state index contributed by atoms with van der Waals surface area (Å²) < 4.78 is 0. The zero-order chi connectivity index (χ0) is 16.8. The smallest absolute Gasteiger partial charge is 0.319 e. The maximum Gasteiger partial charge on any atom is 0.319 e. The van der Waals surface area contributed by atoms with Crippen molar-refractivity contribution in [3.8, 4) is 0 Å². The summed E-state index contributed by atoms with van der Waals surface area (Å²) in [6, 6.07) is 0.165. The molecule has 0 radical (unpaired) electrons. The lowest BCUT2D eigenvalue weighted by atomic mass is 9.79. The second kappa shape index (κ2) is 5.92. The van der Waals surface area contributed by atoms with E-state index in [1.54, 1.807) is 4.90 Å². The van der Waals surface area contributed by atoms with Gasteiger partial charge in [-0.15, -0.1) is 0 Å². The van der Waals surface area contributed by atoms with Crippen LogP contribution in [0.15, 0.2) is 0 Å². The van der Waals surface area contributed by atoms with Gasteiger partial charge in [-0.2, -0.15) is 0 Å². The topological polar surface area (TPSA) is 30.0 Å². The lowest BCUT2D eigenvalue weighted by Gasteiger charge is -2.59. The molecular formula is C18H34N4O. The van der Waals surface area contributed by atoms with Gasteiger partial charge >= 0.3 is 6.03 Å². The minimum absolute atomic E-state index is 0.165. The average Bonchev–Trinajstić information content (AvgIpc) is 3.29. The molecule has 3 aliphatic rings. The van der Waals surface area contributed by atoms with Crippen LogP contribution >= 0.6 is 0 Å². The van der Waals surface area contributed by atoms with Gasteiger partial charge in [0.2, 0.25) is 0 Å². The standard InChI is InChI=1S/C18H34N4O/c1-17(2)13-22(12-15-6-7-15)18(14-20(17)5)8-10-21(11-9-18)16(23)19(3)4/h15H,6-14H2,1-5H3. The molecule has 3 rings (SSSR count). The minimum Gasteiger partial charge on any atom is -0.331 e. The molecule has 23 heavy (non-hydrogen) atoms. The van der Waals surface area contributed by atoms with Crippen molar-refractivity contribution in [1.29, 1.82) is 0 Å². The lowest BCUT2D eigenvalue weighted by molar-refractivity contribution is -0.0838. The third-order valence-electron chi connectivity index (χ3n) is 6.34. The Morgan fingerprint density at radius 2 is 1.74 bits per heavy atom. The maximum atomic E-state index is 12.2. The number of rotatable bonds is 2. The van der Waals surface area contributed by atoms with Gasteiger partial charge in [0.1, 0.15) is 0 Å². The number of likely N-dealkylation sites (tertiary alicyclic amines) is 1. The second-order valence-electron chi connectivity index (χ2n) is 8.88. The van der Waals surface area contributed by atoms with Crippen LogP contribution < -0.4 is 0 Å². The number of piperidine rings is 1. The Balaban J connectivity index is 1.72. The van der Waals surface area contributed by atoms with Crippen molar-refractivity contribution in [2.45, 2.75) is 50.6 Å². The van der Waals surface area contributed by atoms with E-state index >= 15 is 0 Å². The van der Waals surface area contributed by atoms with Crippen LogP contribution in [0.25, 0.3) is 0 Å². The van der Waals surface area contributed by atoms with Crippen molar-refractivity contribution >= 4 is 6.03 Å². The van der Waals surface area contributed by atoms with Gasteiger partial charge in [-0.3, -0.25) is 9.80 Å². The number of hydrogen-bond acceptors (Lipinski definition) is 3. The summed E-state index contributed by atoms with van der Waals surface area (Å²) in [6.07, 6.45) is 5.04. The summed E-state index contributed by atoms with van der Waals surface area (Å²) >= 11 is 0. The molecule has 0 aromatic heterocycles. The molecule has 1 spiro atoms. The highest BCUT2D eigenvalue weighted by atomic mass is 16.2. The molecule has 0 atom stereocenters. The molecule has 2 saturated heterocycles. The van der Waals surface area contributed by atoms with E-state index in [1.165, 1.54) is 19.4 Å². The Morgan fingerprint density at radius 1 is 1.13 bits per heavy atom. The van der Waals surface area contributed by atoms with E-state index in [0.717, 1.165) is 44.9 Å². The normalized spacial score (nSPS) is 28.1. The molecule has 1 saturated carbocycles. The van der Waals surface area contributed by atoms with Gasteiger partial charge in [0.15, 0.2) is 0 Å². The largest absolute Gasteiger partial charge is 0.331 e. The predicted octanol–water partition coefficient (Wildman–Crippen LogP) is 1.94. The Labute approximate surface area is 141 Å². The number of nitrogens with zero attached hydrogens (tertiary/aromatic N) is 4. The molecule has 0 aromatic rings. The van der Waals surface area contributed by atoms with E-state index < -0.39 is 0 Å². The number of hydrogen-bond donors (Lipinski definition) is 0. The molecule has 132 valence electrons. The van der Waals surface area contributed by atoms with Crippen molar-refractivity contribution in [3.63, 3.8) is 0 Å². The number of carbonyl (C=O) groups is 1. The van der Waals surface area contributed by atoms with Gasteiger partial charge in [0, 0.05) is 57.9 Å². The zero-order valence-corrected chi connectivity index (χ0v) is 15.6. The van der Waals surface area contributed by atoms with Crippen LogP contribution in [0.4, 0.5) is 4.79 Å². The zero-order valence-electron chi connectivity index (χ0n) is 15.6. The van der Waals surface area contributed by atoms with E-state index in [2.05, 4.69) is 30.7 Å². The predicted molar refractivity (Wildman–Crippen MR) is 93.6 cm³/mol. The average molecular weight is 322 g/mol. The van der Waals surface area contributed by atoms with Crippen molar-refractivity contribution in [2.24, 2.45) is 5.92 Å². The second-order valence-corrected chi connectivity index (χ2v) is 8.88. The highest BCUT2D eigenvalue weighted by Gasteiger charge is 2.49. The number of amides is 2. The van der Waals surface area contributed by atoms with Crippen LogP contribution in [0, 0.1) is 5.92 Å². The molecule has 5 nitrogen and oxygen atoms in total. The SMILES string of the molecule is CN(C)C(=O)N1CCC2(CC1)CN(C)C(C)(C)CN2CC1CC1. The first-order chi connectivity index (χ1) is 10.7. The Kier molecular flexibility index (Phi) is 4.38. The third kappa shape index (κ3) is 3.36. The molecule has 2 heterocycles. The van der Waals surface area contributed by atoms with Crippen molar-refractivity contribution in [2.75, 3.05) is 53.9 Å². The fourth-order valence-electron chi connectivity index (χ4n) is 4.25. The highest BCUT2D eigenvalue weighted by Crippen LogP contribution is 2.40. The van der Waals surface area contributed by atoms with E-state index in [4.69, 9.17) is 0 Å². The monoisotopic (exact) mass is 322 g/mol. The number of carbonyl (C=O) groups excluding carboxylic acids is 1. The molecule has 2 aliphatic heterocycles. The Morgan fingerprint density at radius 3 is 2.26 bits per heavy atom. The highest BCUT2D eigenvalue weighted by molar-refractivity contribution is 5.73. The van der Waals surface area contributed by atoms with Crippen LogP contribution in [-0.4, -0.2) is 90.6 Å². The molecule has 0 aromatic carbocycles. The maximum absolute atomic E-state index is 12.2. The number of urea groups is 1. The first kappa shape index (κ1) is 17.0. The van der Waals surface area contributed by atoms with E-state index in [9.17, 15) is 4.79 Å². The molecular weight excluding hydrogens is 288 g/mol. The first-order valence-corrected chi connectivity index (χ1v) is 9.16. The summed E-state index contributed by atoms with van der Waals surface area (Å²) in [5.41, 5.74) is 0.521.